The van der Waals surface area contributed by atoms with Crippen molar-refractivity contribution in [3.05, 3.63) is 34.7 Å². The van der Waals surface area contributed by atoms with Crippen molar-refractivity contribution >= 4 is 33.5 Å². The third-order valence-corrected chi connectivity index (χ3v) is 3.49. The van der Waals surface area contributed by atoms with Crippen molar-refractivity contribution in [2.24, 2.45) is 0 Å². The maximum Gasteiger partial charge on any atom is 0.132 e. The van der Waals surface area contributed by atoms with Crippen LogP contribution in [-0.2, 0) is 6.42 Å². The average Bonchev–Trinajstić information content (AvgIpc) is 2.32. The van der Waals surface area contributed by atoms with Gasteiger partial charge in [-0.1, -0.05) is 6.92 Å². The predicted octanol–water partition coefficient (Wildman–Crippen LogP) is 3.32. The second kappa shape index (κ2) is 6.15. The zero-order valence-electron chi connectivity index (χ0n) is 9.93. The van der Waals surface area contributed by atoms with Crippen LogP contribution in [0.5, 0.6) is 0 Å². The zero-order valence-corrected chi connectivity index (χ0v) is 12.3. The molecule has 2 aromatic rings. The lowest BCUT2D eigenvalue weighted by molar-refractivity contribution is 0.813. The number of nitrogens with two attached hydrogens (primary N) is 1. The van der Waals surface area contributed by atoms with E-state index in [4.69, 9.17) is 5.73 Å². The molecular weight excluding hydrogens is 312 g/mol. The number of hydrogen-bond acceptors (Lipinski definition) is 5. The van der Waals surface area contributed by atoms with E-state index < -0.39 is 0 Å². The summed E-state index contributed by atoms with van der Waals surface area (Å²) in [7, 11) is 0. The van der Waals surface area contributed by atoms with E-state index in [2.05, 4.69) is 37.8 Å². The lowest BCUT2D eigenvalue weighted by Crippen LogP contribution is -2.00. The van der Waals surface area contributed by atoms with Gasteiger partial charge in [0.1, 0.15) is 21.7 Å². The fourth-order valence-corrected chi connectivity index (χ4v) is 2.43. The minimum Gasteiger partial charge on any atom is -0.384 e. The topological polar surface area (TPSA) is 64.7 Å². The van der Waals surface area contributed by atoms with Crippen molar-refractivity contribution in [1.82, 2.24) is 15.0 Å². The number of pyridine rings is 1. The smallest absolute Gasteiger partial charge is 0.132 e. The van der Waals surface area contributed by atoms with Gasteiger partial charge in [-0.05, 0) is 46.2 Å². The zero-order chi connectivity index (χ0) is 13.0. The number of aryl methyl sites for hydroxylation is 1. The fourth-order valence-electron chi connectivity index (χ4n) is 1.41. The maximum absolute atomic E-state index is 5.78. The van der Waals surface area contributed by atoms with Crippen LogP contribution in [0.15, 0.2) is 38.9 Å². The third-order valence-electron chi connectivity index (χ3n) is 2.15. The molecule has 6 heteroatoms. The molecule has 18 heavy (non-hydrogen) atoms. The Kier molecular flexibility index (Phi) is 4.54. The van der Waals surface area contributed by atoms with Crippen molar-refractivity contribution in [3.8, 4) is 0 Å². The van der Waals surface area contributed by atoms with Crippen LogP contribution in [-0.4, -0.2) is 15.0 Å². The lowest BCUT2D eigenvalue weighted by Gasteiger charge is -2.04. The molecule has 0 unspecified atom stereocenters. The van der Waals surface area contributed by atoms with E-state index >= 15 is 0 Å². The first kappa shape index (κ1) is 13.3. The van der Waals surface area contributed by atoms with E-state index in [0.29, 0.717) is 5.82 Å². The number of halogens is 1. The largest absolute Gasteiger partial charge is 0.384 e. The van der Waals surface area contributed by atoms with Gasteiger partial charge in [-0.25, -0.2) is 15.0 Å². The Morgan fingerprint density at radius 1 is 1.28 bits per heavy atom. The number of rotatable bonds is 4. The molecule has 0 aliphatic rings. The molecule has 0 aromatic carbocycles. The van der Waals surface area contributed by atoms with Crippen molar-refractivity contribution in [2.45, 2.75) is 29.8 Å². The SMILES string of the molecule is CCCc1nc(N)cc(Sc2ccc(Br)cn2)n1. The summed E-state index contributed by atoms with van der Waals surface area (Å²) in [6.45, 7) is 2.09. The van der Waals surface area contributed by atoms with Crippen LogP contribution in [0.25, 0.3) is 0 Å². The molecule has 0 fully saturated rings. The van der Waals surface area contributed by atoms with Crippen LogP contribution in [0.2, 0.25) is 0 Å². The first-order chi connectivity index (χ1) is 8.67. The third kappa shape index (κ3) is 3.68. The van der Waals surface area contributed by atoms with Crippen LogP contribution in [0.3, 0.4) is 0 Å². The average molecular weight is 325 g/mol. The highest BCUT2D eigenvalue weighted by atomic mass is 79.9. The summed E-state index contributed by atoms with van der Waals surface area (Å²) in [6, 6.07) is 5.66. The standard InChI is InChI=1S/C12H13BrN4S/c1-2-3-10-16-9(14)6-12(17-10)18-11-5-4-8(13)7-15-11/h4-7H,2-3H2,1H3,(H2,14,16,17). The van der Waals surface area contributed by atoms with Crippen LogP contribution < -0.4 is 5.73 Å². The van der Waals surface area contributed by atoms with Gasteiger partial charge >= 0.3 is 0 Å². The Morgan fingerprint density at radius 2 is 2.11 bits per heavy atom. The number of nitrogens with zero attached hydrogens (tertiary/aromatic N) is 3. The molecule has 0 saturated heterocycles. The van der Waals surface area contributed by atoms with Gasteiger partial charge in [-0.15, -0.1) is 0 Å². The van der Waals surface area contributed by atoms with Gasteiger partial charge in [0.05, 0.1) is 0 Å². The van der Waals surface area contributed by atoms with Crippen molar-refractivity contribution in [1.29, 1.82) is 0 Å². The molecule has 0 saturated carbocycles. The summed E-state index contributed by atoms with van der Waals surface area (Å²) in [6.07, 6.45) is 3.61. The summed E-state index contributed by atoms with van der Waals surface area (Å²) in [4.78, 5) is 13.0. The molecule has 0 bridgehead atoms. The molecule has 2 rings (SSSR count). The normalized spacial score (nSPS) is 10.6. The maximum atomic E-state index is 5.78. The summed E-state index contributed by atoms with van der Waals surface area (Å²) in [5.41, 5.74) is 5.78. The lowest BCUT2D eigenvalue weighted by atomic mass is 10.3. The van der Waals surface area contributed by atoms with Crippen molar-refractivity contribution < 1.29 is 0 Å². The highest BCUT2D eigenvalue weighted by Crippen LogP contribution is 2.26. The van der Waals surface area contributed by atoms with Crippen LogP contribution in [0.1, 0.15) is 19.2 Å². The Morgan fingerprint density at radius 3 is 2.78 bits per heavy atom. The molecule has 94 valence electrons. The molecule has 0 atom stereocenters. The summed E-state index contributed by atoms with van der Waals surface area (Å²) >= 11 is 4.84. The Labute approximate surface area is 119 Å². The van der Waals surface area contributed by atoms with E-state index in [1.54, 1.807) is 12.3 Å². The quantitative estimate of drug-likeness (QED) is 0.874. The van der Waals surface area contributed by atoms with Gasteiger partial charge in [-0.3, -0.25) is 0 Å². The van der Waals surface area contributed by atoms with Gasteiger partial charge in [0.25, 0.3) is 0 Å². The summed E-state index contributed by atoms with van der Waals surface area (Å²) < 4.78 is 0.959. The number of anilines is 1. The number of hydrogen-bond donors (Lipinski definition) is 1. The highest BCUT2D eigenvalue weighted by Gasteiger charge is 2.05. The van der Waals surface area contributed by atoms with Crippen LogP contribution in [0.4, 0.5) is 5.82 Å². The molecule has 0 spiro atoms. The molecule has 2 heterocycles. The molecule has 0 aliphatic heterocycles. The van der Waals surface area contributed by atoms with Gasteiger partial charge in [-0.2, -0.15) is 0 Å². The molecule has 2 N–H and O–H groups in total. The second-order valence-electron chi connectivity index (χ2n) is 3.71. The van der Waals surface area contributed by atoms with E-state index in [1.807, 2.05) is 12.1 Å². The van der Waals surface area contributed by atoms with Gasteiger partial charge in [0.2, 0.25) is 0 Å². The van der Waals surface area contributed by atoms with Gasteiger partial charge in [0.15, 0.2) is 0 Å². The van der Waals surface area contributed by atoms with Gasteiger partial charge in [0, 0.05) is 23.2 Å². The van der Waals surface area contributed by atoms with Gasteiger partial charge < -0.3 is 5.73 Å². The van der Waals surface area contributed by atoms with Crippen molar-refractivity contribution in [3.63, 3.8) is 0 Å². The molecule has 2 aromatic heterocycles. The van der Waals surface area contributed by atoms with Crippen LogP contribution in [0, 0.1) is 0 Å². The van der Waals surface area contributed by atoms with E-state index in [0.717, 1.165) is 33.2 Å². The number of aromatic nitrogens is 3. The molecule has 0 radical (unpaired) electrons. The first-order valence-corrected chi connectivity index (χ1v) is 7.21. The minimum atomic E-state index is 0.507. The van der Waals surface area contributed by atoms with E-state index in [-0.39, 0.29) is 0 Å². The van der Waals surface area contributed by atoms with Crippen LogP contribution >= 0.6 is 27.7 Å². The molecular formula is C12H13BrN4S. The fraction of sp³-hybridized carbons (Fsp3) is 0.250. The summed E-state index contributed by atoms with van der Waals surface area (Å²) in [5, 5.41) is 1.72. The summed E-state index contributed by atoms with van der Waals surface area (Å²) in [5.74, 6) is 1.30. The second-order valence-corrected chi connectivity index (χ2v) is 5.67. The Balaban J connectivity index is 2.20. The van der Waals surface area contributed by atoms with Crippen molar-refractivity contribution in [2.75, 3.05) is 5.73 Å². The molecule has 4 nitrogen and oxygen atoms in total. The first-order valence-electron chi connectivity index (χ1n) is 5.60. The van der Waals surface area contributed by atoms with E-state index in [1.165, 1.54) is 11.8 Å². The monoisotopic (exact) mass is 324 g/mol. The minimum absolute atomic E-state index is 0.507. The Hall–Kier alpha value is -1.14. The predicted molar refractivity (Wildman–Crippen MR) is 76.5 cm³/mol. The molecule has 0 aliphatic carbocycles. The van der Waals surface area contributed by atoms with E-state index in [9.17, 15) is 0 Å². The highest BCUT2D eigenvalue weighted by molar-refractivity contribution is 9.10. The number of nitrogen functional groups attached to an aromatic ring is 1. The Bertz CT molecular complexity index is 530. The molecule has 0 amide bonds.